The number of hydrogen-bond donors (Lipinski definition) is 1. The first-order valence-corrected chi connectivity index (χ1v) is 8.34. The van der Waals surface area contributed by atoms with Crippen LogP contribution in [0, 0.1) is 5.82 Å². The highest BCUT2D eigenvalue weighted by atomic mass is 79.9. The Bertz CT molecular complexity index is 691. The second kappa shape index (κ2) is 8.68. The van der Waals surface area contributed by atoms with Crippen LogP contribution in [-0.2, 0) is 4.79 Å². The van der Waals surface area contributed by atoms with Gasteiger partial charge in [-0.2, -0.15) is 0 Å². The molecule has 0 heterocycles. The van der Waals surface area contributed by atoms with Crippen molar-refractivity contribution in [3.8, 4) is 11.5 Å². The van der Waals surface area contributed by atoms with Crippen molar-refractivity contribution in [2.45, 2.75) is 19.4 Å². The number of halogens is 2. The van der Waals surface area contributed by atoms with Crippen molar-refractivity contribution in [2.75, 3.05) is 13.7 Å². The highest BCUT2D eigenvalue weighted by Gasteiger charge is 2.14. The van der Waals surface area contributed by atoms with Gasteiger partial charge < -0.3 is 14.8 Å². The molecule has 0 spiro atoms. The first-order chi connectivity index (χ1) is 11.5. The summed E-state index contributed by atoms with van der Waals surface area (Å²) in [5.74, 6) is 0.576. The molecule has 1 atom stereocenters. The second-order valence-electron chi connectivity index (χ2n) is 5.16. The maximum Gasteiger partial charge on any atom is 0.258 e. The summed E-state index contributed by atoms with van der Waals surface area (Å²) in [6.07, 6.45) is 0.748. The fourth-order valence-corrected chi connectivity index (χ4v) is 2.69. The summed E-state index contributed by atoms with van der Waals surface area (Å²) in [4.78, 5) is 12.1. The minimum atomic E-state index is -0.371. The Morgan fingerprint density at radius 2 is 1.96 bits per heavy atom. The van der Waals surface area contributed by atoms with Crippen molar-refractivity contribution in [3.63, 3.8) is 0 Å². The van der Waals surface area contributed by atoms with Crippen molar-refractivity contribution < 1.29 is 18.7 Å². The largest absolute Gasteiger partial charge is 0.497 e. The van der Waals surface area contributed by atoms with Crippen LogP contribution < -0.4 is 14.8 Å². The molecule has 2 rings (SSSR count). The Labute approximate surface area is 149 Å². The molecule has 0 aliphatic carbocycles. The standard InChI is InChI=1S/C18H19BrFNO3/c1-3-16(12-4-7-14(23-2)8-5-12)21-18(22)11-24-17-9-6-13(20)10-15(17)19/h4-10,16H,3,11H2,1-2H3,(H,21,22). The lowest BCUT2D eigenvalue weighted by Gasteiger charge is -2.18. The number of carbonyl (C=O) groups excluding carboxylic acids is 1. The molecule has 2 aromatic rings. The molecule has 0 radical (unpaired) electrons. The number of benzene rings is 2. The molecule has 1 amide bonds. The summed E-state index contributed by atoms with van der Waals surface area (Å²) in [6.45, 7) is 1.85. The van der Waals surface area contributed by atoms with E-state index in [-0.39, 0.29) is 24.4 Å². The summed E-state index contributed by atoms with van der Waals surface area (Å²) < 4.78 is 24.1. The third kappa shape index (κ3) is 4.96. The monoisotopic (exact) mass is 395 g/mol. The predicted molar refractivity (Wildman–Crippen MR) is 93.8 cm³/mol. The highest BCUT2D eigenvalue weighted by molar-refractivity contribution is 9.10. The Morgan fingerprint density at radius 3 is 2.54 bits per heavy atom. The quantitative estimate of drug-likeness (QED) is 0.762. The first kappa shape index (κ1) is 18.3. The van der Waals surface area contributed by atoms with Crippen LogP contribution in [0.3, 0.4) is 0 Å². The van der Waals surface area contributed by atoms with Crippen molar-refractivity contribution in [1.82, 2.24) is 5.32 Å². The maximum atomic E-state index is 13.0. The summed E-state index contributed by atoms with van der Waals surface area (Å²) in [7, 11) is 1.61. The fourth-order valence-electron chi connectivity index (χ4n) is 2.23. The number of rotatable bonds is 7. The third-order valence-electron chi connectivity index (χ3n) is 3.51. The zero-order chi connectivity index (χ0) is 17.5. The van der Waals surface area contributed by atoms with E-state index < -0.39 is 0 Å². The second-order valence-corrected chi connectivity index (χ2v) is 6.02. The highest BCUT2D eigenvalue weighted by Crippen LogP contribution is 2.25. The lowest BCUT2D eigenvalue weighted by Crippen LogP contribution is -2.32. The minimum absolute atomic E-state index is 0.108. The van der Waals surface area contributed by atoms with E-state index in [1.165, 1.54) is 18.2 Å². The molecule has 128 valence electrons. The van der Waals surface area contributed by atoms with Crippen molar-refractivity contribution in [3.05, 3.63) is 58.3 Å². The predicted octanol–water partition coefficient (Wildman–Crippen LogP) is 4.24. The Kier molecular flexibility index (Phi) is 6.61. The van der Waals surface area contributed by atoms with E-state index in [0.717, 1.165) is 17.7 Å². The Balaban J connectivity index is 1.93. The van der Waals surface area contributed by atoms with Gasteiger partial charge in [-0.1, -0.05) is 19.1 Å². The van der Waals surface area contributed by atoms with Crippen LogP contribution in [0.5, 0.6) is 11.5 Å². The van der Waals surface area contributed by atoms with Crippen molar-refractivity contribution in [1.29, 1.82) is 0 Å². The number of nitrogens with one attached hydrogen (secondary N) is 1. The van der Waals surface area contributed by atoms with Crippen LogP contribution in [0.25, 0.3) is 0 Å². The van der Waals surface area contributed by atoms with Gasteiger partial charge in [0, 0.05) is 0 Å². The van der Waals surface area contributed by atoms with Gasteiger partial charge in [-0.15, -0.1) is 0 Å². The molecule has 1 unspecified atom stereocenters. The fraction of sp³-hybridized carbons (Fsp3) is 0.278. The molecule has 0 aliphatic rings. The SMILES string of the molecule is CCC(NC(=O)COc1ccc(F)cc1Br)c1ccc(OC)cc1. The van der Waals surface area contributed by atoms with Gasteiger partial charge in [0.15, 0.2) is 6.61 Å². The molecule has 0 aromatic heterocycles. The van der Waals surface area contributed by atoms with E-state index in [0.29, 0.717) is 10.2 Å². The van der Waals surface area contributed by atoms with Crippen molar-refractivity contribution >= 4 is 21.8 Å². The van der Waals surface area contributed by atoms with Gasteiger partial charge in [0.05, 0.1) is 17.6 Å². The van der Waals surface area contributed by atoms with Gasteiger partial charge in [-0.3, -0.25) is 4.79 Å². The summed E-state index contributed by atoms with van der Waals surface area (Å²) in [5.41, 5.74) is 0.995. The van der Waals surface area contributed by atoms with Gasteiger partial charge in [0.2, 0.25) is 0 Å². The van der Waals surface area contributed by atoms with Gasteiger partial charge in [-0.25, -0.2) is 4.39 Å². The van der Waals surface area contributed by atoms with Crippen LogP contribution in [-0.4, -0.2) is 19.6 Å². The number of amides is 1. The Morgan fingerprint density at radius 1 is 1.25 bits per heavy atom. The molecule has 1 N–H and O–H groups in total. The Hall–Kier alpha value is -2.08. The molecule has 6 heteroatoms. The molecule has 0 bridgehead atoms. The molecule has 2 aromatic carbocycles. The van der Waals surface area contributed by atoms with E-state index in [2.05, 4.69) is 21.2 Å². The molecule has 24 heavy (non-hydrogen) atoms. The molecule has 4 nitrogen and oxygen atoms in total. The van der Waals surface area contributed by atoms with E-state index in [1.54, 1.807) is 7.11 Å². The van der Waals surface area contributed by atoms with Crippen LogP contribution in [0.2, 0.25) is 0 Å². The zero-order valence-corrected chi connectivity index (χ0v) is 15.1. The van der Waals surface area contributed by atoms with Crippen LogP contribution >= 0.6 is 15.9 Å². The summed E-state index contributed by atoms with van der Waals surface area (Å²) in [5, 5.41) is 2.93. The number of ether oxygens (including phenoxy) is 2. The van der Waals surface area contributed by atoms with Gasteiger partial charge in [-0.05, 0) is 58.2 Å². The first-order valence-electron chi connectivity index (χ1n) is 7.54. The summed E-state index contributed by atoms with van der Waals surface area (Å²) >= 11 is 3.20. The topological polar surface area (TPSA) is 47.6 Å². The van der Waals surface area contributed by atoms with Gasteiger partial charge in [0.1, 0.15) is 17.3 Å². The molecular formula is C18H19BrFNO3. The minimum Gasteiger partial charge on any atom is -0.497 e. The van der Waals surface area contributed by atoms with E-state index in [1.807, 2.05) is 31.2 Å². The van der Waals surface area contributed by atoms with Gasteiger partial charge in [0.25, 0.3) is 5.91 Å². The molecule has 0 saturated carbocycles. The van der Waals surface area contributed by atoms with E-state index in [4.69, 9.17) is 9.47 Å². The number of hydrogen-bond acceptors (Lipinski definition) is 3. The van der Waals surface area contributed by atoms with Crippen LogP contribution in [0.15, 0.2) is 46.9 Å². The summed E-state index contributed by atoms with van der Waals surface area (Å²) in [6, 6.07) is 11.5. The lowest BCUT2D eigenvalue weighted by atomic mass is 10.0. The van der Waals surface area contributed by atoms with Crippen molar-refractivity contribution in [2.24, 2.45) is 0 Å². The molecule has 0 fully saturated rings. The molecule has 0 aliphatic heterocycles. The molecule has 0 saturated heterocycles. The smallest absolute Gasteiger partial charge is 0.258 e. The maximum absolute atomic E-state index is 13.0. The average Bonchev–Trinajstić information content (AvgIpc) is 2.59. The van der Waals surface area contributed by atoms with Gasteiger partial charge >= 0.3 is 0 Å². The molecular weight excluding hydrogens is 377 g/mol. The lowest BCUT2D eigenvalue weighted by molar-refractivity contribution is -0.123. The third-order valence-corrected chi connectivity index (χ3v) is 4.13. The normalized spacial score (nSPS) is 11.7. The van der Waals surface area contributed by atoms with E-state index in [9.17, 15) is 9.18 Å². The van der Waals surface area contributed by atoms with E-state index >= 15 is 0 Å². The number of methoxy groups -OCH3 is 1. The average molecular weight is 396 g/mol. The van der Waals surface area contributed by atoms with Crippen LogP contribution in [0.1, 0.15) is 24.9 Å². The zero-order valence-electron chi connectivity index (χ0n) is 13.5. The number of carbonyl (C=O) groups is 1. The van der Waals surface area contributed by atoms with Crippen LogP contribution in [0.4, 0.5) is 4.39 Å².